The fourth-order valence-corrected chi connectivity index (χ4v) is 3.81. The lowest BCUT2D eigenvalue weighted by atomic mass is 9.80. The van der Waals surface area contributed by atoms with Crippen LogP contribution in [0.25, 0.3) is 0 Å². The monoisotopic (exact) mass is 394 g/mol. The third kappa shape index (κ3) is 3.54. The van der Waals surface area contributed by atoms with Gasteiger partial charge in [0.15, 0.2) is 0 Å². The fourth-order valence-electron chi connectivity index (χ4n) is 2.57. The van der Waals surface area contributed by atoms with Crippen molar-refractivity contribution in [3.8, 4) is 5.88 Å². The second kappa shape index (κ2) is 6.50. The summed E-state index contributed by atoms with van der Waals surface area (Å²) < 4.78 is 46.8. The Balaban J connectivity index is 1.99. The summed E-state index contributed by atoms with van der Waals surface area (Å²) in [6.45, 7) is 7.69. The smallest absolute Gasteiger partial charge is 0.480 e. The molecule has 0 spiro atoms. The molecule has 1 aliphatic heterocycles. The summed E-state index contributed by atoms with van der Waals surface area (Å²) in [5.41, 5.74) is -0.618. The van der Waals surface area contributed by atoms with Crippen LogP contribution >= 0.6 is 0 Å². The Kier molecular flexibility index (Phi) is 4.73. The van der Waals surface area contributed by atoms with Crippen LogP contribution in [0.15, 0.2) is 29.4 Å². The van der Waals surface area contributed by atoms with E-state index in [-0.39, 0.29) is 10.8 Å². The van der Waals surface area contributed by atoms with Crippen LogP contribution in [0.4, 0.5) is 5.82 Å². The number of ether oxygens (including phenoxy) is 1. The molecule has 0 saturated carbocycles. The maximum absolute atomic E-state index is 12.9. The molecule has 3 heterocycles. The van der Waals surface area contributed by atoms with Crippen LogP contribution in [0.3, 0.4) is 0 Å². The van der Waals surface area contributed by atoms with E-state index < -0.39 is 28.3 Å². The van der Waals surface area contributed by atoms with Crippen molar-refractivity contribution in [2.75, 3.05) is 11.8 Å². The molecule has 0 radical (unpaired) electrons. The molecule has 1 saturated heterocycles. The van der Waals surface area contributed by atoms with Gasteiger partial charge in [0.2, 0.25) is 5.88 Å². The lowest BCUT2D eigenvalue weighted by Gasteiger charge is -2.32. The normalized spacial score (nSPS) is 18.5. The molecule has 2 aromatic heterocycles. The number of aryl methyl sites for hydroxylation is 1. The Bertz CT molecular complexity index is 941. The van der Waals surface area contributed by atoms with Crippen LogP contribution in [-0.4, -0.2) is 48.6 Å². The van der Waals surface area contributed by atoms with Gasteiger partial charge in [0.05, 0.1) is 24.5 Å². The molecule has 0 unspecified atom stereocenters. The van der Waals surface area contributed by atoms with Crippen molar-refractivity contribution in [1.29, 1.82) is 0 Å². The Morgan fingerprint density at radius 1 is 1.22 bits per heavy atom. The van der Waals surface area contributed by atoms with Gasteiger partial charge < -0.3 is 14.0 Å². The minimum Gasteiger partial charge on any atom is -0.480 e. The van der Waals surface area contributed by atoms with Crippen molar-refractivity contribution in [1.82, 2.24) is 14.8 Å². The van der Waals surface area contributed by atoms with E-state index >= 15 is 0 Å². The maximum atomic E-state index is 12.9. The molecule has 3 rings (SSSR count). The van der Waals surface area contributed by atoms with Gasteiger partial charge in [-0.2, -0.15) is 5.10 Å². The standard InChI is InChI=1S/C16H23BN4O5S/c1-15(2)16(3,4)26-17(25-15)11-9-12(14(24-6)18-10-11)27(22,23)20-13-7-8-19-21(13)5/h7-10,20H,1-6H3. The molecule has 9 nitrogen and oxygen atoms in total. The molecule has 0 amide bonds. The van der Waals surface area contributed by atoms with Crippen molar-refractivity contribution < 1.29 is 22.5 Å². The molecule has 0 aromatic carbocycles. The first-order valence-electron chi connectivity index (χ1n) is 8.37. The Morgan fingerprint density at radius 2 is 1.85 bits per heavy atom. The first-order chi connectivity index (χ1) is 12.5. The van der Waals surface area contributed by atoms with Crippen molar-refractivity contribution in [3.63, 3.8) is 0 Å². The van der Waals surface area contributed by atoms with Gasteiger partial charge in [-0.15, -0.1) is 0 Å². The van der Waals surface area contributed by atoms with Crippen molar-refractivity contribution >= 4 is 28.4 Å². The lowest BCUT2D eigenvalue weighted by molar-refractivity contribution is 0.00578. The summed E-state index contributed by atoms with van der Waals surface area (Å²) in [4.78, 5) is 4.02. The zero-order valence-electron chi connectivity index (χ0n) is 16.2. The number of rotatable bonds is 5. The number of sulfonamides is 1. The highest BCUT2D eigenvalue weighted by molar-refractivity contribution is 7.92. The molecule has 0 bridgehead atoms. The molecule has 2 aromatic rings. The molecule has 1 N–H and O–H groups in total. The van der Waals surface area contributed by atoms with E-state index in [1.807, 2.05) is 27.7 Å². The number of hydrogen-bond acceptors (Lipinski definition) is 7. The molecule has 11 heteroatoms. The summed E-state index contributed by atoms with van der Waals surface area (Å²) in [7, 11) is -1.71. The minimum atomic E-state index is -3.97. The summed E-state index contributed by atoms with van der Waals surface area (Å²) in [5, 5.41) is 3.95. The molecule has 0 atom stereocenters. The van der Waals surface area contributed by atoms with Crippen LogP contribution in [0.1, 0.15) is 27.7 Å². The third-order valence-corrected chi connectivity index (χ3v) is 6.26. The summed E-state index contributed by atoms with van der Waals surface area (Å²) >= 11 is 0. The van der Waals surface area contributed by atoms with Gasteiger partial charge in [-0.3, -0.25) is 9.40 Å². The van der Waals surface area contributed by atoms with Crippen molar-refractivity contribution in [3.05, 3.63) is 24.5 Å². The summed E-state index contributed by atoms with van der Waals surface area (Å²) in [5.74, 6) is 0.294. The molecule has 1 aliphatic rings. The van der Waals surface area contributed by atoms with Crippen LogP contribution in [0, 0.1) is 0 Å². The van der Waals surface area contributed by atoms with Gasteiger partial charge in [0, 0.05) is 24.8 Å². The van der Waals surface area contributed by atoms with Gasteiger partial charge in [-0.25, -0.2) is 13.4 Å². The predicted molar refractivity (Wildman–Crippen MR) is 101 cm³/mol. The average Bonchev–Trinajstić information content (AvgIpc) is 3.06. The van der Waals surface area contributed by atoms with Gasteiger partial charge in [-0.05, 0) is 33.8 Å². The zero-order valence-corrected chi connectivity index (χ0v) is 17.0. The molecule has 146 valence electrons. The molecular weight excluding hydrogens is 371 g/mol. The van der Waals surface area contributed by atoms with E-state index in [2.05, 4.69) is 14.8 Å². The maximum Gasteiger partial charge on any atom is 0.496 e. The largest absolute Gasteiger partial charge is 0.496 e. The van der Waals surface area contributed by atoms with Gasteiger partial charge in [-0.1, -0.05) is 0 Å². The fraction of sp³-hybridized carbons (Fsp3) is 0.500. The van der Waals surface area contributed by atoms with Crippen LogP contribution in [0.2, 0.25) is 0 Å². The first kappa shape index (κ1) is 19.7. The SMILES string of the molecule is COc1ncc(B2OC(C)(C)C(C)(C)O2)cc1S(=O)(=O)Nc1ccnn1C. The zero-order chi connectivity index (χ0) is 20.0. The highest BCUT2D eigenvalue weighted by Crippen LogP contribution is 2.36. The van der Waals surface area contributed by atoms with E-state index in [0.29, 0.717) is 11.3 Å². The number of anilines is 1. The molecule has 1 fully saturated rings. The third-order valence-electron chi connectivity index (χ3n) is 4.91. The highest BCUT2D eigenvalue weighted by Gasteiger charge is 2.52. The summed E-state index contributed by atoms with van der Waals surface area (Å²) in [6.07, 6.45) is 2.98. The molecule has 0 aliphatic carbocycles. The second-order valence-electron chi connectivity index (χ2n) is 7.31. The van der Waals surface area contributed by atoms with Gasteiger partial charge in [0.25, 0.3) is 10.0 Å². The number of pyridine rings is 1. The Hall–Kier alpha value is -2.11. The number of hydrogen-bond donors (Lipinski definition) is 1. The Morgan fingerprint density at radius 3 is 2.37 bits per heavy atom. The summed E-state index contributed by atoms with van der Waals surface area (Å²) in [6, 6.07) is 3.00. The van der Waals surface area contributed by atoms with Gasteiger partial charge in [0.1, 0.15) is 10.7 Å². The topological polar surface area (TPSA) is 105 Å². The second-order valence-corrected chi connectivity index (χ2v) is 8.96. The number of methoxy groups -OCH3 is 1. The van der Waals surface area contributed by atoms with Crippen molar-refractivity contribution in [2.45, 2.75) is 43.8 Å². The minimum absolute atomic E-state index is 0.0232. The number of aromatic nitrogens is 3. The van der Waals surface area contributed by atoms with Gasteiger partial charge >= 0.3 is 7.12 Å². The number of nitrogens with zero attached hydrogens (tertiary/aromatic N) is 3. The molecular formula is C16H23BN4O5S. The van der Waals surface area contributed by atoms with Crippen molar-refractivity contribution in [2.24, 2.45) is 7.05 Å². The Labute approximate surface area is 159 Å². The highest BCUT2D eigenvalue weighted by atomic mass is 32.2. The van der Waals surface area contributed by atoms with Crippen LogP contribution in [0.5, 0.6) is 5.88 Å². The average molecular weight is 394 g/mol. The van der Waals surface area contributed by atoms with E-state index in [4.69, 9.17) is 14.0 Å². The quantitative estimate of drug-likeness (QED) is 0.752. The van der Waals surface area contributed by atoms with E-state index in [9.17, 15) is 8.42 Å². The lowest BCUT2D eigenvalue weighted by Crippen LogP contribution is -2.41. The van der Waals surface area contributed by atoms with E-state index in [0.717, 1.165) is 0 Å². The number of nitrogens with one attached hydrogen (secondary N) is 1. The first-order valence-corrected chi connectivity index (χ1v) is 9.85. The van der Waals surface area contributed by atoms with Crippen LogP contribution in [-0.2, 0) is 26.4 Å². The predicted octanol–water partition coefficient (Wildman–Crippen LogP) is 0.924. The molecule has 27 heavy (non-hydrogen) atoms. The van der Waals surface area contributed by atoms with Crippen LogP contribution < -0.4 is 14.9 Å². The van der Waals surface area contributed by atoms with E-state index in [1.165, 1.54) is 30.3 Å². The van der Waals surface area contributed by atoms with E-state index in [1.54, 1.807) is 13.1 Å².